The molecule has 0 unspecified atom stereocenters. The summed E-state index contributed by atoms with van der Waals surface area (Å²) in [6.45, 7) is 3.58. The van der Waals surface area contributed by atoms with E-state index in [1.807, 2.05) is 30.3 Å². The Balaban J connectivity index is 1.44. The lowest BCUT2D eigenvalue weighted by Crippen LogP contribution is -2.50. The van der Waals surface area contributed by atoms with Gasteiger partial charge in [-0.05, 0) is 24.1 Å². The second-order valence-corrected chi connectivity index (χ2v) is 9.82. The molecule has 1 aliphatic rings. The Morgan fingerprint density at radius 1 is 1.00 bits per heavy atom. The van der Waals surface area contributed by atoms with Gasteiger partial charge < -0.3 is 4.90 Å². The zero-order valence-corrected chi connectivity index (χ0v) is 18.2. The van der Waals surface area contributed by atoms with Crippen molar-refractivity contribution in [3.05, 3.63) is 76.7 Å². The van der Waals surface area contributed by atoms with Gasteiger partial charge in [-0.25, -0.2) is 8.42 Å². The minimum atomic E-state index is -3.48. The topological polar surface area (TPSA) is 57.7 Å². The van der Waals surface area contributed by atoms with Gasteiger partial charge in [-0.1, -0.05) is 60.2 Å². The third kappa shape index (κ3) is 6.45. The number of piperazine rings is 1. The highest BCUT2D eigenvalue weighted by atomic mass is 32.2. The van der Waals surface area contributed by atoms with Gasteiger partial charge in [0.1, 0.15) is 0 Å². The average molecular weight is 431 g/mol. The number of sulfonamides is 1. The van der Waals surface area contributed by atoms with Crippen LogP contribution in [0.3, 0.4) is 0 Å². The van der Waals surface area contributed by atoms with Crippen LogP contribution in [0.2, 0.25) is 0 Å². The number of aryl methyl sites for hydroxylation is 1. The maximum absolute atomic E-state index is 12.5. The highest BCUT2D eigenvalue weighted by molar-refractivity contribution is 7.99. The van der Waals surface area contributed by atoms with Crippen LogP contribution < -0.4 is 0 Å². The molecule has 0 saturated carbocycles. The van der Waals surface area contributed by atoms with Crippen LogP contribution in [-0.4, -0.2) is 55.5 Å². The molecule has 0 spiro atoms. The van der Waals surface area contributed by atoms with Crippen molar-refractivity contribution in [3.63, 3.8) is 0 Å². The normalized spacial score (nSPS) is 15.7. The lowest BCUT2D eigenvalue weighted by molar-refractivity contribution is -0.129. The van der Waals surface area contributed by atoms with Crippen molar-refractivity contribution in [1.29, 1.82) is 0 Å². The summed E-state index contributed by atoms with van der Waals surface area (Å²) in [6.07, 6.45) is 1.61. The molecule has 1 aliphatic heterocycles. The van der Waals surface area contributed by atoms with Crippen LogP contribution in [0.15, 0.2) is 60.0 Å². The first-order valence-electron chi connectivity index (χ1n) is 9.58. The van der Waals surface area contributed by atoms with Crippen LogP contribution in [-0.2, 0) is 20.6 Å². The maximum Gasteiger partial charge on any atom is 0.236 e. The molecule has 1 fully saturated rings. The highest BCUT2D eigenvalue weighted by Crippen LogP contribution is 2.16. The van der Waals surface area contributed by atoms with Crippen LogP contribution in [0, 0.1) is 6.92 Å². The Morgan fingerprint density at radius 2 is 1.66 bits per heavy atom. The van der Waals surface area contributed by atoms with Crippen LogP contribution >= 0.6 is 11.8 Å². The van der Waals surface area contributed by atoms with E-state index in [1.54, 1.807) is 22.7 Å². The molecule has 2 aromatic carbocycles. The molecule has 1 saturated heterocycles. The molecule has 0 atom stereocenters. The quantitative estimate of drug-likeness (QED) is 0.676. The fourth-order valence-corrected chi connectivity index (χ4v) is 5.10. The van der Waals surface area contributed by atoms with Gasteiger partial charge in [0.15, 0.2) is 0 Å². The molecule has 154 valence electrons. The summed E-state index contributed by atoms with van der Waals surface area (Å²) in [4.78, 5) is 14.2. The number of hydrogen-bond acceptors (Lipinski definition) is 4. The minimum Gasteiger partial charge on any atom is -0.339 e. The number of benzene rings is 2. The Labute approximate surface area is 177 Å². The van der Waals surface area contributed by atoms with Crippen molar-refractivity contribution < 1.29 is 13.2 Å². The lowest BCUT2D eigenvalue weighted by atomic mass is 10.2. The van der Waals surface area contributed by atoms with E-state index in [1.165, 1.54) is 20.8 Å². The van der Waals surface area contributed by atoms with Crippen molar-refractivity contribution in [2.24, 2.45) is 0 Å². The first-order valence-corrected chi connectivity index (χ1v) is 12.2. The third-order valence-electron chi connectivity index (χ3n) is 4.80. The summed E-state index contributed by atoms with van der Waals surface area (Å²) in [7, 11) is -3.48. The predicted molar refractivity (Wildman–Crippen MR) is 120 cm³/mol. The third-order valence-corrected chi connectivity index (χ3v) is 7.35. The minimum absolute atomic E-state index is 0.0685. The lowest BCUT2D eigenvalue weighted by Gasteiger charge is -2.33. The molecule has 7 heteroatoms. The van der Waals surface area contributed by atoms with Gasteiger partial charge in [-0.2, -0.15) is 4.31 Å². The maximum atomic E-state index is 12.5. The number of hydrogen-bond donors (Lipinski definition) is 0. The Bertz CT molecular complexity index is 934. The molecule has 0 bridgehead atoms. The van der Waals surface area contributed by atoms with E-state index in [0.29, 0.717) is 31.9 Å². The second-order valence-electron chi connectivity index (χ2n) is 7.02. The van der Waals surface area contributed by atoms with Crippen LogP contribution in [0.4, 0.5) is 0 Å². The number of thioether (sulfide) groups is 1. The summed E-state index contributed by atoms with van der Waals surface area (Å²) < 4.78 is 26.5. The first-order chi connectivity index (χ1) is 13.9. The SMILES string of the molecule is Cc1ccc(CSCC(=O)N2CCN(S(=O)(=O)/C=C/c3ccccc3)CC2)cc1. The van der Waals surface area contributed by atoms with Crippen LogP contribution in [0.25, 0.3) is 6.08 Å². The van der Waals surface area contributed by atoms with Gasteiger partial charge in [0.2, 0.25) is 15.9 Å². The molecule has 0 N–H and O–H groups in total. The molecule has 0 radical (unpaired) electrons. The average Bonchev–Trinajstić information content (AvgIpc) is 2.74. The van der Waals surface area contributed by atoms with E-state index < -0.39 is 10.0 Å². The number of amides is 1. The van der Waals surface area contributed by atoms with Gasteiger partial charge >= 0.3 is 0 Å². The van der Waals surface area contributed by atoms with E-state index in [9.17, 15) is 13.2 Å². The molecule has 29 heavy (non-hydrogen) atoms. The largest absolute Gasteiger partial charge is 0.339 e. The molecule has 1 amide bonds. The number of carbonyl (C=O) groups is 1. The number of carbonyl (C=O) groups excluding carboxylic acids is 1. The molecule has 1 heterocycles. The van der Waals surface area contributed by atoms with Gasteiger partial charge in [-0.3, -0.25) is 4.79 Å². The van der Waals surface area contributed by atoms with Crippen LogP contribution in [0.1, 0.15) is 16.7 Å². The second kappa shape index (κ2) is 10.1. The molecule has 5 nitrogen and oxygen atoms in total. The zero-order valence-electron chi connectivity index (χ0n) is 16.5. The first kappa shape index (κ1) is 21.6. The van der Waals surface area contributed by atoms with Gasteiger partial charge in [-0.15, -0.1) is 11.8 Å². The van der Waals surface area contributed by atoms with Crippen molar-refractivity contribution in [3.8, 4) is 0 Å². The van der Waals surface area contributed by atoms with Crippen molar-refractivity contribution >= 4 is 33.8 Å². The van der Waals surface area contributed by atoms with E-state index >= 15 is 0 Å². The number of rotatable bonds is 7. The summed E-state index contributed by atoms with van der Waals surface area (Å²) in [6, 6.07) is 17.7. The molecule has 0 aliphatic carbocycles. The fraction of sp³-hybridized carbons (Fsp3) is 0.318. The number of nitrogens with zero attached hydrogens (tertiary/aromatic N) is 2. The Morgan fingerprint density at radius 3 is 2.31 bits per heavy atom. The molecule has 0 aromatic heterocycles. The van der Waals surface area contributed by atoms with E-state index in [2.05, 4.69) is 31.2 Å². The Kier molecular flexibility index (Phi) is 7.52. The summed E-state index contributed by atoms with van der Waals surface area (Å²) in [5.41, 5.74) is 3.27. The van der Waals surface area contributed by atoms with Crippen molar-refractivity contribution in [2.75, 3.05) is 31.9 Å². The predicted octanol–water partition coefficient (Wildman–Crippen LogP) is 3.37. The highest BCUT2D eigenvalue weighted by Gasteiger charge is 2.27. The summed E-state index contributed by atoms with van der Waals surface area (Å²) in [5.74, 6) is 1.28. The smallest absolute Gasteiger partial charge is 0.236 e. The van der Waals surface area contributed by atoms with Gasteiger partial charge in [0.05, 0.1) is 5.75 Å². The zero-order chi connectivity index (χ0) is 20.7. The molecular formula is C22H26N2O3S2. The van der Waals surface area contributed by atoms with E-state index in [4.69, 9.17) is 0 Å². The molecular weight excluding hydrogens is 404 g/mol. The standard InChI is InChI=1S/C22H26N2O3S2/c1-19-7-9-21(10-8-19)17-28-18-22(25)23-12-14-24(15-13-23)29(26,27)16-11-20-5-3-2-4-6-20/h2-11,16H,12-15,17-18H2,1H3/b16-11+. The fourth-order valence-electron chi connectivity index (χ4n) is 3.04. The Hall–Kier alpha value is -2.09. The summed E-state index contributed by atoms with van der Waals surface area (Å²) >= 11 is 1.59. The van der Waals surface area contributed by atoms with Gasteiger partial charge in [0.25, 0.3) is 0 Å². The monoisotopic (exact) mass is 430 g/mol. The van der Waals surface area contributed by atoms with Crippen molar-refractivity contribution in [1.82, 2.24) is 9.21 Å². The van der Waals surface area contributed by atoms with E-state index in [-0.39, 0.29) is 5.91 Å². The summed E-state index contributed by atoms with van der Waals surface area (Å²) in [5, 5.41) is 1.25. The molecule has 2 aromatic rings. The van der Waals surface area contributed by atoms with Gasteiger partial charge in [0, 0.05) is 37.3 Å². The van der Waals surface area contributed by atoms with Crippen molar-refractivity contribution in [2.45, 2.75) is 12.7 Å². The van der Waals surface area contributed by atoms with E-state index in [0.717, 1.165) is 11.3 Å². The van der Waals surface area contributed by atoms with Crippen LogP contribution in [0.5, 0.6) is 0 Å². The molecule has 3 rings (SSSR count).